The first-order valence-corrected chi connectivity index (χ1v) is 4.04. The monoisotopic (exact) mass is 172 g/mol. The van der Waals surface area contributed by atoms with Gasteiger partial charge in [0.1, 0.15) is 5.60 Å². The highest BCUT2D eigenvalue weighted by Gasteiger charge is 2.27. The minimum absolute atomic E-state index is 0.562. The topological polar surface area (TPSA) is 35.5 Å². The summed E-state index contributed by atoms with van der Waals surface area (Å²) in [5.41, 5.74) is -0.562. The van der Waals surface area contributed by atoms with Crippen LogP contribution in [-0.4, -0.2) is 18.9 Å². The smallest absolute Gasteiger partial charge is 0.438 e. The van der Waals surface area contributed by atoms with E-state index >= 15 is 0 Å². The van der Waals surface area contributed by atoms with Crippen molar-refractivity contribution in [2.45, 2.75) is 32.3 Å². The summed E-state index contributed by atoms with van der Waals surface area (Å²) >= 11 is 0. The molecule has 0 saturated heterocycles. The quantitative estimate of drug-likeness (QED) is 0.483. The van der Waals surface area contributed by atoms with Gasteiger partial charge >= 0.3 is 6.16 Å². The Kier molecular flexibility index (Phi) is 4.40. The predicted octanol–water partition coefficient (Wildman–Crippen LogP) is 2.51. The Morgan fingerprint density at radius 1 is 1.50 bits per heavy atom. The number of hydrogen-bond acceptors (Lipinski definition) is 3. The molecule has 0 aromatic carbocycles. The highest BCUT2D eigenvalue weighted by molar-refractivity contribution is 5.60. The van der Waals surface area contributed by atoms with Crippen LogP contribution in [0.3, 0.4) is 0 Å². The number of carbonyl (C=O) groups excluding carboxylic acids is 1. The molecule has 70 valence electrons. The van der Waals surface area contributed by atoms with Gasteiger partial charge < -0.3 is 9.47 Å². The maximum Gasteiger partial charge on any atom is 0.508 e. The van der Waals surface area contributed by atoms with Gasteiger partial charge in [-0.25, -0.2) is 4.79 Å². The molecular formula is C9H16O3. The maximum atomic E-state index is 10.8. The van der Waals surface area contributed by atoms with E-state index in [2.05, 4.69) is 11.3 Å². The third-order valence-electron chi connectivity index (χ3n) is 2.02. The molecule has 12 heavy (non-hydrogen) atoms. The zero-order chi connectivity index (χ0) is 9.61. The second-order valence-electron chi connectivity index (χ2n) is 2.53. The van der Waals surface area contributed by atoms with Crippen LogP contribution >= 0.6 is 0 Å². The van der Waals surface area contributed by atoms with Crippen LogP contribution in [0.25, 0.3) is 0 Å². The number of rotatable bonds is 4. The standard InChI is InChI=1S/C9H16O3/c1-5-9(6-2,7-3)12-8(10)11-4/h5H,1,6-7H2,2-4H3. The van der Waals surface area contributed by atoms with Gasteiger partial charge in [-0.3, -0.25) is 0 Å². The van der Waals surface area contributed by atoms with E-state index in [1.807, 2.05) is 13.8 Å². The molecule has 0 aromatic heterocycles. The molecule has 0 saturated carbocycles. The largest absolute Gasteiger partial charge is 0.508 e. The molecule has 0 rings (SSSR count). The molecule has 0 spiro atoms. The number of hydrogen-bond donors (Lipinski definition) is 0. The molecular weight excluding hydrogens is 156 g/mol. The molecule has 0 amide bonds. The van der Waals surface area contributed by atoms with Gasteiger partial charge in [0.05, 0.1) is 7.11 Å². The molecule has 0 atom stereocenters. The minimum atomic E-state index is -0.654. The first-order chi connectivity index (χ1) is 5.64. The fraction of sp³-hybridized carbons (Fsp3) is 0.667. The van der Waals surface area contributed by atoms with Crippen LogP contribution in [0.1, 0.15) is 26.7 Å². The van der Waals surface area contributed by atoms with Crippen molar-refractivity contribution in [3.05, 3.63) is 12.7 Å². The van der Waals surface area contributed by atoms with Crippen molar-refractivity contribution < 1.29 is 14.3 Å². The lowest BCUT2D eigenvalue weighted by Gasteiger charge is -2.26. The summed E-state index contributed by atoms with van der Waals surface area (Å²) in [4.78, 5) is 10.8. The molecule has 0 aliphatic rings. The van der Waals surface area contributed by atoms with Gasteiger partial charge in [-0.05, 0) is 18.9 Å². The molecule has 3 nitrogen and oxygen atoms in total. The van der Waals surface area contributed by atoms with Crippen molar-refractivity contribution in [1.82, 2.24) is 0 Å². The fourth-order valence-corrected chi connectivity index (χ4v) is 0.932. The van der Waals surface area contributed by atoms with E-state index in [1.165, 1.54) is 7.11 Å². The van der Waals surface area contributed by atoms with E-state index in [1.54, 1.807) is 6.08 Å². The van der Waals surface area contributed by atoms with Gasteiger partial charge in [0.25, 0.3) is 0 Å². The Morgan fingerprint density at radius 3 is 2.25 bits per heavy atom. The molecule has 0 aliphatic heterocycles. The van der Waals surface area contributed by atoms with Crippen LogP contribution in [0.15, 0.2) is 12.7 Å². The zero-order valence-corrected chi connectivity index (χ0v) is 7.92. The summed E-state index contributed by atoms with van der Waals surface area (Å²) in [5, 5.41) is 0. The summed E-state index contributed by atoms with van der Waals surface area (Å²) in [5.74, 6) is 0. The van der Waals surface area contributed by atoms with Crippen molar-refractivity contribution in [2.24, 2.45) is 0 Å². The normalized spacial score (nSPS) is 10.6. The molecule has 0 unspecified atom stereocenters. The fourth-order valence-electron chi connectivity index (χ4n) is 0.932. The lowest BCUT2D eigenvalue weighted by atomic mass is 9.98. The van der Waals surface area contributed by atoms with Gasteiger partial charge in [0, 0.05) is 0 Å². The highest BCUT2D eigenvalue weighted by Crippen LogP contribution is 2.21. The number of ether oxygens (including phenoxy) is 2. The lowest BCUT2D eigenvalue weighted by molar-refractivity contribution is -0.00437. The highest BCUT2D eigenvalue weighted by atomic mass is 16.7. The molecule has 0 bridgehead atoms. The average Bonchev–Trinajstić information content (AvgIpc) is 2.14. The van der Waals surface area contributed by atoms with Crippen molar-refractivity contribution in [2.75, 3.05) is 7.11 Å². The average molecular weight is 172 g/mol. The van der Waals surface area contributed by atoms with E-state index < -0.39 is 11.8 Å². The summed E-state index contributed by atoms with van der Waals surface area (Å²) in [6.45, 7) is 7.51. The van der Waals surface area contributed by atoms with Gasteiger partial charge in [-0.1, -0.05) is 20.4 Å². The van der Waals surface area contributed by atoms with Crippen LogP contribution in [-0.2, 0) is 9.47 Å². The maximum absolute atomic E-state index is 10.8. The molecule has 0 N–H and O–H groups in total. The first-order valence-electron chi connectivity index (χ1n) is 4.04. The second-order valence-corrected chi connectivity index (χ2v) is 2.53. The Balaban J connectivity index is 4.29. The van der Waals surface area contributed by atoms with Crippen molar-refractivity contribution in [3.8, 4) is 0 Å². The van der Waals surface area contributed by atoms with Gasteiger partial charge in [-0.2, -0.15) is 0 Å². The minimum Gasteiger partial charge on any atom is -0.438 e. The Morgan fingerprint density at radius 2 is 2.00 bits per heavy atom. The van der Waals surface area contributed by atoms with E-state index in [0.717, 1.165) is 0 Å². The number of carbonyl (C=O) groups is 1. The molecule has 0 heterocycles. The summed E-state index contributed by atoms with van der Waals surface area (Å²) in [7, 11) is 1.29. The lowest BCUT2D eigenvalue weighted by Crippen LogP contribution is -2.31. The molecule has 0 aliphatic carbocycles. The predicted molar refractivity (Wildman–Crippen MR) is 47.0 cm³/mol. The van der Waals surface area contributed by atoms with Crippen LogP contribution in [0.2, 0.25) is 0 Å². The van der Waals surface area contributed by atoms with Crippen LogP contribution in [0.4, 0.5) is 4.79 Å². The van der Waals surface area contributed by atoms with Gasteiger partial charge in [-0.15, -0.1) is 0 Å². The molecule has 0 radical (unpaired) electrons. The van der Waals surface area contributed by atoms with Gasteiger partial charge in [0.15, 0.2) is 0 Å². The molecule has 3 heteroatoms. The Labute approximate surface area is 73.4 Å². The van der Waals surface area contributed by atoms with Crippen LogP contribution in [0, 0.1) is 0 Å². The zero-order valence-electron chi connectivity index (χ0n) is 7.92. The first kappa shape index (κ1) is 11.0. The second kappa shape index (κ2) is 4.80. The SMILES string of the molecule is C=CC(CC)(CC)OC(=O)OC. The number of methoxy groups -OCH3 is 1. The van der Waals surface area contributed by atoms with E-state index in [0.29, 0.717) is 12.8 Å². The summed E-state index contributed by atoms with van der Waals surface area (Å²) in [6.07, 6.45) is 2.41. The van der Waals surface area contributed by atoms with Crippen molar-refractivity contribution >= 4 is 6.16 Å². The Hall–Kier alpha value is -0.990. The summed E-state index contributed by atoms with van der Waals surface area (Å²) in [6, 6.07) is 0. The van der Waals surface area contributed by atoms with Crippen molar-refractivity contribution in [1.29, 1.82) is 0 Å². The van der Waals surface area contributed by atoms with E-state index in [-0.39, 0.29) is 0 Å². The Bertz CT molecular complexity index is 159. The molecule has 0 aromatic rings. The summed E-state index contributed by atoms with van der Waals surface area (Å²) < 4.78 is 9.46. The molecule has 0 fully saturated rings. The van der Waals surface area contributed by atoms with Gasteiger partial charge in [0.2, 0.25) is 0 Å². The van der Waals surface area contributed by atoms with Crippen LogP contribution in [0.5, 0.6) is 0 Å². The van der Waals surface area contributed by atoms with Crippen molar-refractivity contribution in [3.63, 3.8) is 0 Å². The van der Waals surface area contributed by atoms with Crippen LogP contribution < -0.4 is 0 Å². The third kappa shape index (κ3) is 2.57. The van der Waals surface area contributed by atoms with E-state index in [4.69, 9.17) is 4.74 Å². The van der Waals surface area contributed by atoms with E-state index in [9.17, 15) is 4.79 Å². The third-order valence-corrected chi connectivity index (χ3v) is 2.02.